The number of carbonyl (C=O) groups is 1. The Morgan fingerprint density at radius 1 is 1.47 bits per heavy atom. The summed E-state index contributed by atoms with van der Waals surface area (Å²) in [5, 5.41) is 12.3. The van der Waals surface area contributed by atoms with Crippen LogP contribution in [0, 0.1) is 0 Å². The molecule has 2 aromatic rings. The van der Waals surface area contributed by atoms with Crippen molar-refractivity contribution in [3.63, 3.8) is 0 Å². The lowest BCUT2D eigenvalue weighted by Gasteiger charge is -2.03. The van der Waals surface area contributed by atoms with E-state index in [4.69, 9.17) is 5.11 Å². The van der Waals surface area contributed by atoms with Crippen molar-refractivity contribution in [2.24, 2.45) is 0 Å². The standard InChI is InChI=1S/C8H8N4O5S2/c13-7(14)6-8(18-4-10-6)19(15,16)11-2-1-5-9-3-17-12-5/h3-4,11H,1-2H2,(H,13,14). The normalized spacial score (nSPS) is 11.6. The molecule has 0 radical (unpaired) electrons. The number of carboxylic acids is 1. The van der Waals surface area contributed by atoms with Gasteiger partial charge in [-0.15, -0.1) is 11.3 Å². The first-order valence-electron chi connectivity index (χ1n) is 4.92. The van der Waals surface area contributed by atoms with Crippen LogP contribution >= 0.6 is 11.3 Å². The molecule has 102 valence electrons. The second kappa shape index (κ2) is 5.42. The van der Waals surface area contributed by atoms with E-state index in [2.05, 4.69) is 24.4 Å². The molecule has 0 aliphatic rings. The highest BCUT2D eigenvalue weighted by Crippen LogP contribution is 2.19. The SMILES string of the molecule is O=C(O)c1ncsc1S(=O)(=O)NCCc1ncon1. The van der Waals surface area contributed by atoms with Crippen LogP contribution in [0.15, 0.2) is 20.6 Å². The topological polar surface area (TPSA) is 135 Å². The van der Waals surface area contributed by atoms with Gasteiger partial charge in [-0.3, -0.25) is 0 Å². The molecule has 0 aliphatic carbocycles. The number of rotatable bonds is 6. The molecule has 0 amide bonds. The van der Waals surface area contributed by atoms with Crippen LogP contribution in [0.5, 0.6) is 0 Å². The molecule has 2 N–H and O–H groups in total. The monoisotopic (exact) mass is 304 g/mol. The van der Waals surface area contributed by atoms with Gasteiger partial charge in [-0.05, 0) is 0 Å². The van der Waals surface area contributed by atoms with Crippen LogP contribution in [0.4, 0.5) is 0 Å². The lowest BCUT2D eigenvalue weighted by molar-refractivity contribution is 0.0687. The van der Waals surface area contributed by atoms with E-state index in [1.165, 1.54) is 0 Å². The summed E-state index contributed by atoms with van der Waals surface area (Å²) in [6.45, 7) is 0.0266. The Morgan fingerprint density at radius 3 is 2.89 bits per heavy atom. The summed E-state index contributed by atoms with van der Waals surface area (Å²) in [7, 11) is -3.91. The summed E-state index contributed by atoms with van der Waals surface area (Å²) in [5.41, 5.74) is 0.675. The van der Waals surface area contributed by atoms with E-state index >= 15 is 0 Å². The molecule has 0 aliphatic heterocycles. The predicted molar refractivity (Wildman–Crippen MR) is 62.3 cm³/mol. The summed E-state index contributed by atoms with van der Waals surface area (Å²) in [4.78, 5) is 18.0. The molecule has 2 aromatic heterocycles. The number of carboxylic acid groups (broad SMARTS) is 1. The number of nitrogens with one attached hydrogen (secondary N) is 1. The summed E-state index contributed by atoms with van der Waals surface area (Å²) in [5.74, 6) is -1.04. The zero-order valence-electron chi connectivity index (χ0n) is 9.31. The second-order valence-electron chi connectivity index (χ2n) is 3.29. The highest BCUT2D eigenvalue weighted by molar-refractivity contribution is 7.91. The minimum Gasteiger partial charge on any atom is -0.476 e. The van der Waals surface area contributed by atoms with Crippen molar-refractivity contribution in [3.8, 4) is 0 Å². The quantitative estimate of drug-likeness (QED) is 0.745. The fourth-order valence-corrected chi connectivity index (χ4v) is 3.45. The van der Waals surface area contributed by atoms with E-state index < -0.39 is 21.7 Å². The zero-order chi connectivity index (χ0) is 13.9. The van der Waals surface area contributed by atoms with E-state index in [0.717, 1.165) is 23.2 Å². The number of sulfonamides is 1. The molecular weight excluding hydrogens is 296 g/mol. The van der Waals surface area contributed by atoms with Gasteiger partial charge in [0, 0.05) is 13.0 Å². The molecule has 0 spiro atoms. The van der Waals surface area contributed by atoms with Gasteiger partial charge in [0.2, 0.25) is 6.39 Å². The van der Waals surface area contributed by atoms with Gasteiger partial charge in [-0.1, -0.05) is 5.16 Å². The molecule has 0 aromatic carbocycles. The third-order valence-corrected chi connectivity index (χ3v) is 4.86. The Morgan fingerprint density at radius 2 is 2.26 bits per heavy atom. The van der Waals surface area contributed by atoms with Crippen LogP contribution < -0.4 is 4.72 Å². The summed E-state index contributed by atoms with van der Waals surface area (Å²) in [6, 6.07) is 0. The number of thiazole rings is 1. The lowest BCUT2D eigenvalue weighted by Crippen LogP contribution is -2.27. The number of hydrogen-bond acceptors (Lipinski definition) is 8. The minimum absolute atomic E-state index is 0.0266. The highest BCUT2D eigenvalue weighted by atomic mass is 32.2. The van der Waals surface area contributed by atoms with Crippen molar-refractivity contribution in [2.45, 2.75) is 10.6 Å². The maximum atomic E-state index is 11.9. The number of nitrogens with zero attached hydrogens (tertiary/aromatic N) is 3. The Balaban J connectivity index is 2.06. The van der Waals surface area contributed by atoms with Crippen LogP contribution in [-0.4, -0.2) is 41.2 Å². The van der Waals surface area contributed by atoms with Gasteiger partial charge in [-0.2, -0.15) is 4.98 Å². The first-order valence-corrected chi connectivity index (χ1v) is 7.28. The van der Waals surface area contributed by atoms with Gasteiger partial charge in [0.05, 0.1) is 5.51 Å². The Hall–Kier alpha value is -1.85. The van der Waals surface area contributed by atoms with Gasteiger partial charge >= 0.3 is 5.97 Å². The van der Waals surface area contributed by atoms with E-state index in [-0.39, 0.29) is 17.2 Å². The molecule has 19 heavy (non-hydrogen) atoms. The largest absolute Gasteiger partial charge is 0.476 e. The molecule has 0 saturated carbocycles. The van der Waals surface area contributed by atoms with Crippen LogP contribution in [0.3, 0.4) is 0 Å². The fraction of sp³-hybridized carbons (Fsp3) is 0.250. The van der Waals surface area contributed by atoms with Gasteiger partial charge in [0.15, 0.2) is 15.7 Å². The molecule has 2 heterocycles. The fourth-order valence-electron chi connectivity index (χ4n) is 1.23. The molecule has 11 heteroatoms. The summed E-state index contributed by atoms with van der Waals surface area (Å²) < 4.78 is 30.2. The van der Waals surface area contributed by atoms with Crippen molar-refractivity contribution in [2.75, 3.05) is 6.54 Å². The van der Waals surface area contributed by atoms with E-state index in [1.54, 1.807) is 0 Å². The van der Waals surface area contributed by atoms with Gasteiger partial charge in [-0.25, -0.2) is 22.9 Å². The number of aromatic carboxylic acids is 1. The molecular formula is C8H8N4O5S2. The van der Waals surface area contributed by atoms with Crippen LogP contribution in [0.2, 0.25) is 0 Å². The zero-order valence-corrected chi connectivity index (χ0v) is 10.9. The average molecular weight is 304 g/mol. The Kier molecular flexibility index (Phi) is 3.87. The molecule has 9 nitrogen and oxygen atoms in total. The van der Waals surface area contributed by atoms with Gasteiger partial charge in [0.25, 0.3) is 10.0 Å². The summed E-state index contributed by atoms with van der Waals surface area (Å²) >= 11 is 0.741. The molecule has 0 unspecified atom stereocenters. The maximum Gasteiger partial charge on any atom is 0.356 e. The van der Waals surface area contributed by atoms with Crippen LogP contribution in [0.1, 0.15) is 16.3 Å². The van der Waals surface area contributed by atoms with Crippen LogP contribution in [-0.2, 0) is 16.4 Å². The smallest absolute Gasteiger partial charge is 0.356 e. The molecule has 0 fully saturated rings. The Bertz CT molecular complexity index is 663. The average Bonchev–Trinajstić information content (AvgIpc) is 2.99. The third-order valence-electron chi connectivity index (χ3n) is 2.03. The van der Waals surface area contributed by atoms with Crippen molar-refractivity contribution in [3.05, 3.63) is 23.4 Å². The van der Waals surface area contributed by atoms with E-state index in [9.17, 15) is 13.2 Å². The maximum absolute atomic E-state index is 11.9. The van der Waals surface area contributed by atoms with Crippen molar-refractivity contribution < 1.29 is 22.8 Å². The second-order valence-corrected chi connectivity index (χ2v) is 6.11. The van der Waals surface area contributed by atoms with Crippen molar-refractivity contribution in [1.82, 2.24) is 19.8 Å². The lowest BCUT2D eigenvalue weighted by atomic mass is 10.4. The van der Waals surface area contributed by atoms with Crippen molar-refractivity contribution >= 4 is 27.3 Å². The van der Waals surface area contributed by atoms with Gasteiger partial charge < -0.3 is 9.63 Å². The molecule has 0 bridgehead atoms. The van der Waals surface area contributed by atoms with Crippen molar-refractivity contribution in [1.29, 1.82) is 0 Å². The first kappa shape index (κ1) is 13.6. The van der Waals surface area contributed by atoms with Gasteiger partial charge in [0.1, 0.15) is 0 Å². The Labute approximate surface area is 111 Å². The van der Waals surface area contributed by atoms with E-state index in [0.29, 0.717) is 5.82 Å². The third kappa shape index (κ3) is 3.13. The van der Waals surface area contributed by atoms with E-state index in [1.807, 2.05) is 0 Å². The predicted octanol–water partition coefficient (Wildman–Crippen LogP) is -0.255. The summed E-state index contributed by atoms with van der Waals surface area (Å²) in [6.07, 6.45) is 1.37. The molecule has 0 saturated heterocycles. The minimum atomic E-state index is -3.91. The number of aromatic nitrogens is 3. The number of hydrogen-bond donors (Lipinski definition) is 2. The van der Waals surface area contributed by atoms with Crippen LogP contribution in [0.25, 0.3) is 0 Å². The highest BCUT2D eigenvalue weighted by Gasteiger charge is 2.25. The first-order chi connectivity index (χ1) is 9.00. The molecule has 2 rings (SSSR count). The molecule has 0 atom stereocenters.